The number of hydrogen-bond donors (Lipinski definition) is 1. The highest BCUT2D eigenvalue weighted by atomic mass is 32.1. The quantitative estimate of drug-likeness (QED) is 0.849. The molecule has 1 N–H and O–H groups in total. The highest BCUT2D eigenvalue weighted by Gasteiger charge is 2.40. The molecular formula is C17H23N3S. The summed E-state index contributed by atoms with van der Waals surface area (Å²) in [6.45, 7) is 1.08. The molecule has 0 aromatic carbocycles. The molecule has 2 heterocycles. The minimum Gasteiger partial charge on any atom is -0.360 e. The number of pyridine rings is 1. The lowest BCUT2D eigenvalue weighted by atomic mass is 9.95. The molecule has 1 aromatic heterocycles. The normalized spacial score (nSPS) is 34.4. The molecule has 2 aliphatic carbocycles. The molecule has 112 valence electrons. The van der Waals surface area contributed by atoms with Crippen LogP contribution >= 0.6 is 12.2 Å². The number of nitrogens with zero attached hydrogens (tertiary/aromatic N) is 2. The molecule has 4 rings (SSSR count). The summed E-state index contributed by atoms with van der Waals surface area (Å²) >= 11 is 5.74. The number of likely N-dealkylation sites (tertiary alicyclic amines) is 1. The molecule has 3 fully saturated rings. The molecule has 0 unspecified atom stereocenters. The summed E-state index contributed by atoms with van der Waals surface area (Å²) in [5.74, 6) is 1.83. The van der Waals surface area contributed by atoms with Crippen molar-refractivity contribution in [2.24, 2.45) is 11.8 Å². The largest absolute Gasteiger partial charge is 0.360 e. The fraction of sp³-hybridized carbons (Fsp3) is 0.647. The zero-order chi connectivity index (χ0) is 14.2. The van der Waals surface area contributed by atoms with E-state index < -0.39 is 0 Å². The van der Waals surface area contributed by atoms with Crippen molar-refractivity contribution in [2.75, 3.05) is 6.54 Å². The summed E-state index contributed by atoms with van der Waals surface area (Å²) in [6.07, 6.45) is 11.8. The first-order valence-electron chi connectivity index (χ1n) is 8.28. The molecule has 1 aliphatic heterocycles. The zero-order valence-corrected chi connectivity index (χ0v) is 13.2. The summed E-state index contributed by atoms with van der Waals surface area (Å²) < 4.78 is 0. The van der Waals surface area contributed by atoms with Gasteiger partial charge in [0, 0.05) is 25.0 Å². The molecule has 2 saturated carbocycles. The minimum absolute atomic E-state index is 0.437. The van der Waals surface area contributed by atoms with Crippen LogP contribution in [-0.4, -0.2) is 27.6 Å². The van der Waals surface area contributed by atoms with Crippen molar-refractivity contribution in [3.05, 3.63) is 30.1 Å². The van der Waals surface area contributed by atoms with Crippen molar-refractivity contribution in [3.63, 3.8) is 0 Å². The van der Waals surface area contributed by atoms with Gasteiger partial charge in [0.1, 0.15) is 0 Å². The van der Waals surface area contributed by atoms with E-state index in [4.69, 9.17) is 12.2 Å². The summed E-state index contributed by atoms with van der Waals surface area (Å²) in [7, 11) is 0. The van der Waals surface area contributed by atoms with Crippen LogP contribution in [0, 0.1) is 11.8 Å². The van der Waals surface area contributed by atoms with Crippen molar-refractivity contribution < 1.29 is 0 Å². The maximum atomic E-state index is 5.74. The van der Waals surface area contributed by atoms with Crippen LogP contribution in [0.2, 0.25) is 0 Å². The lowest BCUT2D eigenvalue weighted by molar-refractivity contribution is 0.350. The number of nitrogens with one attached hydrogen (secondary N) is 1. The Morgan fingerprint density at radius 2 is 2.05 bits per heavy atom. The first-order valence-corrected chi connectivity index (χ1v) is 8.69. The van der Waals surface area contributed by atoms with E-state index in [0.717, 1.165) is 23.5 Å². The Bertz CT molecular complexity index is 518. The third kappa shape index (κ3) is 2.54. The Morgan fingerprint density at radius 1 is 1.19 bits per heavy atom. The van der Waals surface area contributed by atoms with E-state index >= 15 is 0 Å². The molecule has 0 amide bonds. The van der Waals surface area contributed by atoms with Crippen LogP contribution in [0.25, 0.3) is 0 Å². The SMILES string of the molecule is S=C(N[C@@H]1C[C@H]2CC[C@H]1C2)N1CCC[C@@H]1c1ccncc1. The number of aromatic nitrogens is 1. The fourth-order valence-corrected chi connectivity index (χ4v) is 4.97. The topological polar surface area (TPSA) is 28.2 Å². The van der Waals surface area contributed by atoms with Gasteiger partial charge in [-0.05, 0) is 73.9 Å². The van der Waals surface area contributed by atoms with Gasteiger partial charge in [0.25, 0.3) is 0 Å². The lowest BCUT2D eigenvalue weighted by Crippen LogP contribution is -2.46. The van der Waals surface area contributed by atoms with E-state index in [1.807, 2.05) is 12.4 Å². The van der Waals surface area contributed by atoms with Crippen LogP contribution < -0.4 is 5.32 Å². The summed E-state index contributed by atoms with van der Waals surface area (Å²) in [4.78, 5) is 6.53. The van der Waals surface area contributed by atoms with Gasteiger partial charge in [0.2, 0.25) is 0 Å². The Hall–Kier alpha value is -1.16. The second-order valence-electron chi connectivity index (χ2n) is 6.86. The molecule has 21 heavy (non-hydrogen) atoms. The van der Waals surface area contributed by atoms with E-state index in [2.05, 4.69) is 27.3 Å². The molecule has 0 radical (unpaired) electrons. The Labute approximate surface area is 132 Å². The van der Waals surface area contributed by atoms with E-state index in [9.17, 15) is 0 Å². The van der Waals surface area contributed by atoms with Gasteiger partial charge in [-0.25, -0.2) is 0 Å². The number of hydrogen-bond acceptors (Lipinski definition) is 2. The highest BCUT2D eigenvalue weighted by Crippen LogP contribution is 2.44. The smallest absolute Gasteiger partial charge is 0.169 e. The molecule has 4 atom stereocenters. The fourth-order valence-electron chi connectivity index (χ4n) is 4.60. The second-order valence-corrected chi connectivity index (χ2v) is 7.25. The van der Waals surface area contributed by atoms with Crippen LogP contribution in [0.4, 0.5) is 0 Å². The molecule has 2 bridgehead atoms. The summed E-state index contributed by atoms with van der Waals surface area (Å²) in [5, 5.41) is 4.67. The average molecular weight is 301 g/mol. The van der Waals surface area contributed by atoms with Gasteiger partial charge in [-0.3, -0.25) is 4.98 Å². The number of fused-ring (bicyclic) bond motifs is 2. The maximum absolute atomic E-state index is 5.74. The van der Waals surface area contributed by atoms with E-state index in [-0.39, 0.29) is 0 Å². The molecule has 1 saturated heterocycles. The second kappa shape index (κ2) is 5.56. The molecule has 3 nitrogen and oxygen atoms in total. The first kappa shape index (κ1) is 13.5. The van der Waals surface area contributed by atoms with Gasteiger partial charge < -0.3 is 10.2 Å². The molecule has 1 aromatic rings. The first-order chi connectivity index (χ1) is 10.3. The van der Waals surface area contributed by atoms with E-state index in [1.165, 1.54) is 44.1 Å². The van der Waals surface area contributed by atoms with E-state index in [0.29, 0.717) is 12.1 Å². The monoisotopic (exact) mass is 301 g/mol. The van der Waals surface area contributed by atoms with Crippen LogP contribution in [0.15, 0.2) is 24.5 Å². The van der Waals surface area contributed by atoms with Crippen LogP contribution in [0.3, 0.4) is 0 Å². The zero-order valence-electron chi connectivity index (χ0n) is 12.4. The van der Waals surface area contributed by atoms with Crippen LogP contribution in [0.1, 0.15) is 50.1 Å². The summed E-state index contributed by atoms with van der Waals surface area (Å²) in [6, 6.07) is 5.33. The Kier molecular flexibility index (Phi) is 3.57. The Balaban J connectivity index is 1.44. The minimum atomic E-state index is 0.437. The van der Waals surface area contributed by atoms with Gasteiger partial charge >= 0.3 is 0 Å². The molecular weight excluding hydrogens is 278 g/mol. The van der Waals surface area contributed by atoms with Gasteiger partial charge in [-0.2, -0.15) is 0 Å². The van der Waals surface area contributed by atoms with Crippen molar-refractivity contribution in [1.82, 2.24) is 15.2 Å². The predicted molar refractivity (Wildman–Crippen MR) is 87.9 cm³/mol. The molecule has 4 heteroatoms. The van der Waals surface area contributed by atoms with Crippen molar-refractivity contribution >= 4 is 17.3 Å². The lowest BCUT2D eigenvalue weighted by Gasteiger charge is -2.32. The number of rotatable bonds is 2. The van der Waals surface area contributed by atoms with Crippen molar-refractivity contribution in [2.45, 2.75) is 50.6 Å². The standard InChI is InChI=1S/C17H23N3S/c21-17(19-15-11-12-3-4-14(15)10-12)20-9-1-2-16(20)13-5-7-18-8-6-13/h5-8,12,14-16H,1-4,9-11H2,(H,19,21)/t12-,14-,15+,16+/m0/s1. The van der Waals surface area contributed by atoms with Gasteiger partial charge in [0.05, 0.1) is 6.04 Å². The van der Waals surface area contributed by atoms with Crippen LogP contribution in [0.5, 0.6) is 0 Å². The number of thiocarbonyl (C=S) groups is 1. The van der Waals surface area contributed by atoms with Gasteiger partial charge in [-0.15, -0.1) is 0 Å². The average Bonchev–Trinajstić information content (AvgIpc) is 3.24. The molecule has 3 aliphatic rings. The van der Waals surface area contributed by atoms with Crippen molar-refractivity contribution in [3.8, 4) is 0 Å². The third-order valence-electron chi connectivity index (χ3n) is 5.65. The highest BCUT2D eigenvalue weighted by molar-refractivity contribution is 7.80. The predicted octanol–water partition coefficient (Wildman–Crippen LogP) is 3.28. The third-order valence-corrected chi connectivity index (χ3v) is 6.00. The van der Waals surface area contributed by atoms with Crippen LogP contribution in [-0.2, 0) is 0 Å². The van der Waals surface area contributed by atoms with Crippen molar-refractivity contribution in [1.29, 1.82) is 0 Å². The van der Waals surface area contributed by atoms with Gasteiger partial charge in [0.15, 0.2) is 5.11 Å². The van der Waals surface area contributed by atoms with E-state index in [1.54, 1.807) is 0 Å². The maximum Gasteiger partial charge on any atom is 0.169 e. The summed E-state index contributed by atoms with van der Waals surface area (Å²) in [5.41, 5.74) is 1.35. The van der Waals surface area contributed by atoms with Gasteiger partial charge in [-0.1, -0.05) is 6.42 Å². The Morgan fingerprint density at radius 3 is 2.76 bits per heavy atom. The molecule has 0 spiro atoms.